The van der Waals surface area contributed by atoms with E-state index in [1.807, 2.05) is 85.7 Å². The van der Waals surface area contributed by atoms with Crippen molar-refractivity contribution >= 4 is 39.8 Å². The van der Waals surface area contributed by atoms with Crippen molar-refractivity contribution in [1.82, 2.24) is 4.57 Å². The van der Waals surface area contributed by atoms with Crippen molar-refractivity contribution in [3.8, 4) is 11.5 Å². The van der Waals surface area contributed by atoms with Crippen molar-refractivity contribution < 1.29 is 19.0 Å². The van der Waals surface area contributed by atoms with Crippen LogP contribution in [0.1, 0.15) is 36.6 Å². The van der Waals surface area contributed by atoms with E-state index >= 15 is 0 Å². The van der Waals surface area contributed by atoms with Gasteiger partial charge in [0, 0.05) is 19.8 Å². The van der Waals surface area contributed by atoms with Gasteiger partial charge in [0.25, 0.3) is 5.56 Å². The molecule has 0 amide bonds. The van der Waals surface area contributed by atoms with Gasteiger partial charge in [0.15, 0.2) is 16.3 Å². The zero-order valence-corrected chi connectivity index (χ0v) is 27.3. The molecule has 4 aromatic carbocycles. The molecule has 8 nitrogen and oxygen atoms in total. The first-order valence-corrected chi connectivity index (χ1v) is 15.8. The van der Waals surface area contributed by atoms with Crippen LogP contribution in [0.2, 0.25) is 0 Å². The second-order valence-corrected chi connectivity index (χ2v) is 12.1. The van der Waals surface area contributed by atoms with E-state index in [9.17, 15) is 9.59 Å². The van der Waals surface area contributed by atoms with E-state index < -0.39 is 12.0 Å². The first-order chi connectivity index (χ1) is 22.3. The Labute approximate surface area is 271 Å². The largest absolute Gasteiger partial charge is 0.493 e. The fourth-order valence-electron chi connectivity index (χ4n) is 5.68. The second-order valence-electron chi connectivity index (χ2n) is 11.1. The number of allylic oxidation sites excluding steroid dienone is 1. The molecule has 5 aromatic rings. The number of benzene rings is 4. The molecular weight excluding hydrogens is 598 g/mol. The smallest absolute Gasteiger partial charge is 0.338 e. The van der Waals surface area contributed by atoms with E-state index in [0.29, 0.717) is 38.7 Å². The molecular formula is C37H35N3O5S. The van der Waals surface area contributed by atoms with Crippen LogP contribution in [0.25, 0.3) is 16.8 Å². The highest BCUT2D eigenvalue weighted by Crippen LogP contribution is 2.32. The number of anilines is 1. The van der Waals surface area contributed by atoms with Crippen molar-refractivity contribution in [2.75, 3.05) is 32.7 Å². The Morgan fingerprint density at radius 3 is 2.50 bits per heavy atom. The normalized spacial score (nSPS) is 14.5. The van der Waals surface area contributed by atoms with Crippen molar-refractivity contribution in [2.45, 2.75) is 26.5 Å². The summed E-state index contributed by atoms with van der Waals surface area (Å²) in [6.07, 6.45) is 1.82. The van der Waals surface area contributed by atoms with Gasteiger partial charge in [0.05, 0.1) is 35.6 Å². The molecule has 2 heterocycles. The predicted octanol–water partition coefficient (Wildman–Crippen LogP) is 5.61. The first-order valence-electron chi connectivity index (χ1n) is 15.0. The van der Waals surface area contributed by atoms with Gasteiger partial charge < -0.3 is 19.1 Å². The third-order valence-electron chi connectivity index (χ3n) is 7.99. The third-order valence-corrected chi connectivity index (χ3v) is 8.97. The van der Waals surface area contributed by atoms with E-state index in [0.717, 1.165) is 33.2 Å². The van der Waals surface area contributed by atoms with E-state index in [2.05, 4.69) is 29.3 Å². The zero-order valence-electron chi connectivity index (χ0n) is 26.4. The number of hydrogen-bond acceptors (Lipinski definition) is 8. The van der Waals surface area contributed by atoms with Gasteiger partial charge in [-0.25, -0.2) is 9.79 Å². The molecule has 1 atom stereocenters. The number of ether oxygens (including phenoxy) is 3. The van der Waals surface area contributed by atoms with Crippen molar-refractivity contribution in [3.63, 3.8) is 0 Å². The number of nitrogens with zero attached hydrogens (tertiary/aromatic N) is 3. The van der Waals surface area contributed by atoms with Crippen LogP contribution >= 0.6 is 11.3 Å². The van der Waals surface area contributed by atoms with E-state index in [-0.39, 0.29) is 12.2 Å². The minimum atomic E-state index is -0.673. The number of fused-ring (bicyclic) bond motifs is 2. The van der Waals surface area contributed by atoms with Crippen LogP contribution in [0.3, 0.4) is 0 Å². The SMILES string of the molecule is CCOC(=O)C1=C(C)N=c2s/c(=C\c3ccc(OCc4cccc5ccccc45)c(OC)c3)c(=O)n2C1c1ccc(N(C)C)cc1. The third kappa shape index (κ3) is 5.93. The quantitative estimate of drug-likeness (QED) is 0.197. The van der Waals surface area contributed by atoms with Gasteiger partial charge in [-0.05, 0) is 71.7 Å². The summed E-state index contributed by atoms with van der Waals surface area (Å²) in [5.41, 5.74) is 4.30. The molecule has 0 radical (unpaired) electrons. The fraction of sp³-hybridized carbons (Fsp3) is 0.216. The van der Waals surface area contributed by atoms with Crippen LogP contribution in [0.5, 0.6) is 11.5 Å². The lowest BCUT2D eigenvalue weighted by Crippen LogP contribution is -2.39. The van der Waals surface area contributed by atoms with Crippen LogP contribution < -0.4 is 29.3 Å². The molecule has 0 bridgehead atoms. The maximum absolute atomic E-state index is 14.0. The number of methoxy groups -OCH3 is 1. The summed E-state index contributed by atoms with van der Waals surface area (Å²) in [7, 11) is 5.52. The monoisotopic (exact) mass is 633 g/mol. The molecule has 1 aliphatic heterocycles. The molecule has 1 aliphatic rings. The highest BCUT2D eigenvalue weighted by molar-refractivity contribution is 7.07. The molecule has 1 aromatic heterocycles. The van der Waals surface area contributed by atoms with Crippen molar-refractivity contribution in [1.29, 1.82) is 0 Å². The molecule has 0 saturated heterocycles. The molecule has 46 heavy (non-hydrogen) atoms. The molecule has 0 fully saturated rings. The predicted molar refractivity (Wildman–Crippen MR) is 182 cm³/mol. The molecule has 1 unspecified atom stereocenters. The van der Waals surface area contributed by atoms with Crippen LogP contribution in [0.15, 0.2) is 106 Å². The van der Waals surface area contributed by atoms with Crippen LogP contribution in [0, 0.1) is 0 Å². The number of hydrogen-bond donors (Lipinski definition) is 0. The van der Waals surface area contributed by atoms with Gasteiger partial charge >= 0.3 is 5.97 Å². The number of aromatic nitrogens is 1. The van der Waals surface area contributed by atoms with Crippen LogP contribution in [0.4, 0.5) is 5.69 Å². The molecule has 0 N–H and O–H groups in total. The highest BCUT2D eigenvalue weighted by atomic mass is 32.1. The van der Waals surface area contributed by atoms with Crippen LogP contribution in [-0.4, -0.2) is 38.3 Å². The summed E-state index contributed by atoms with van der Waals surface area (Å²) in [5.74, 6) is 0.675. The van der Waals surface area contributed by atoms with Gasteiger partial charge in [-0.15, -0.1) is 0 Å². The highest BCUT2D eigenvalue weighted by Gasteiger charge is 2.33. The summed E-state index contributed by atoms with van der Waals surface area (Å²) in [6, 6.07) is 27.1. The molecule has 6 rings (SSSR count). The number of carbonyl (C=O) groups excluding carboxylic acids is 1. The van der Waals surface area contributed by atoms with Gasteiger partial charge in [-0.2, -0.15) is 0 Å². The minimum Gasteiger partial charge on any atom is -0.493 e. The Bertz CT molecular complexity index is 2140. The lowest BCUT2D eigenvalue weighted by molar-refractivity contribution is -0.139. The maximum atomic E-state index is 14.0. The number of carbonyl (C=O) groups is 1. The number of rotatable bonds is 9. The van der Waals surface area contributed by atoms with Gasteiger partial charge in [0.1, 0.15) is 6.61 Å². The van der Waals surface area contributed by atoms with Gasteiger partial charge in [0.2, 0.25) is 0 Å². The second kappa shape index (κ2) is 13.1. The maximum Gasteiger partial charge on any atom is 0.338 e. The van der Waals surface area contributed by atoms with Gasteiger partial charge in [-0.3, -0.25) is 9.36 Å². The van der Waals surface area contributed by atoms with Crippen molar-refractivity contribution in [2.24, 2.45) is 4.99 Å². The molecule has 234 valence electrons. The van der Waals surface area contributed by atoms with Crippen LogP contribution in [-0.2, 0) is 16.1 Å². The Morgan fingerprint density at radius 1 is 1.00 bits per heavy atom. The number of esters is 1. The summed E-state index contributed by atoms with van der Waals surface area (Å²) >= 11 is 1.28. The average molecular weight is 634 g/mol. The zero-order chi connectivity index (χ0) is 32.4. The summed E-state index contributed by atoms with van der Waals surface area (Å²) < 4.78 is 19.4. The molecule has 0 saturated carbocycles. The summed E-state index contributed by atoms with van der Waals surface area (Å²) in [6.45, 7) is 4.15. The summed E-state index contributed by atoms with van der Waals surface area (Å²) in [4.78, 5) is 34.4. The topological polar surface area (TPSA) is 82.4 Å². The average Bonchev–Trinajstić information content (AvgIpc) is 3.36. The molecule has 0 aliphatic carbocycles. The standard InChI is InChI=1S/C37H35N3O5S/c1-6-44-36(42)33-23(2)38-37-40(34(33)26-15-17-28(18-16-26)39(3)4)35(41)32(46-37)21-24-14-19-30(31(20-24)43-5)45-22-27-12-9-11-25-10-7-8-13-29(25)27/h7-21,34H,6,22H2,1-5H3/b32-21-. The molecule has 9 heteroatoms. The first kappa shape index (κ1) is 30.9. The summed E-state index contributed by atoms with van der Waals surface area (Å²) in [5, 5.41) is 2.30. The van der Waals surface area contributed by atoms with E-state index in [1.165, 1.54) is 11.3 Å². The Hall–Kier alpha value is -5.15. The lowest BCUT2D eigenvalue weighted by atomic mass is 9.95. The Kier molecular flexibility index (Phi) is 8.76. The van der Waals surface area contributed by atoms with E-state index in [4.69, 9.17) is 14.2 Å². The minimum absolute atomic E-state index is 0.218. The van der Waals surface area contributed by atoms with Gasteiger partial charge in [-0.1, -0.05) is 72.0 Å². The van der Waals surface area contributed by atoms with Crippen molar-refractivity contribution in [3.05, 3.63) is 133 Å². The number of thiazole rings is 1. The fourth-order valence-corrected chi connectivity index (χ4v) is 6.73. The van der Waals surface area contributed by atoms with E-state index in [1.54, 1.807) is 25.5 Å². The Balaban J connectivity index is 1.36. The molecule has 0 spiro atoms. The Morgan fingerprint density at radius 2 is 1.76 bits per heavy atom. The lowest BCUT2D eigenvalue weighted by Gasteiger charge is -2.25.